The van der Waals surface area contributed by atoms with Gasteiger partial charge < -0.3 is 15.4 Å². The van der Waals surface area contributed by atoms with E-state index in [1.54, 1.807) is 6.07 Å². The molecule has 1 amide bonds. The molecule has 23 heavy (non-hydrogen) atoms. The molecule has 4 nitrogen and oxygen atoms in total. The summed E-state index contributed by atoms with van der Waals surface area (Å²) in [6.45, 7) is 3.27. The van der Waals surface area contributed by atoms with E-state index in [-0.39, 0.29) is 29.9 Å². The summed E-state index contributed by atoms with van der Waals surface area (Å²) >= 11 is 0. The minimum atomic E-state index is -0.442. The van der Waals surface area contributed by atoms with Crippen molar-refractivity contribution in [2.45, 2.75) is 37.6 Å². The standard InChI is InChI=1S/C17H23FN2O2.ClH/c18-16-2-1-13(12-3-7-19-8-4-12)11-15(16)17(21)20-14-5-9-22-10-6-14;/h1-2,11-12,14,19H,3-10H2,(H,20,21);1H. The lowest BCUT2D eigenvalue weighted by atomic mass is 9.89. The first kappa shape index (κ1) is 18.2. The van der Waals surface area contributed by atoms with E-state index in [4.69, 9.17) is 4.74 Å². The quantitative estimate of drug-likeness (QED) is 0.887. The molecule has 2 aliphatic rings. The number of nitrogens with one attached hydrogen (secondary N) is 2. The van der Waals surface area contributed by atoms with E-state index in [0.717, 1.165) is 44.3 Å². The van der Waals surface area contributed by atoms with E-state index in [1.165, 1.54) is 6.07 Å². The fraction of sp³-hybridized carbons (Fsp3) is 0.588. The van der Waals surface area contributed by atoms with Crippen LogP contribution in [0.3, 0.4) is 0 Å². The third-order valence-corrected chi connectivity index (χ3v) is 4.60. The van der Waals surface area contributed by atoms with Crippen molar-refractivity contribution in [1.29, 1.82) is 0 Å². The fourth-order valence-corrected chi connectivity index (χ4v) is 3.23. The molecule has 2 N–H and O–H groups in total. The van der Waals surface area contributed by atoms with Gasteiger partial charge in [0.2, 0.25) is 0 Å². The largest absolute Gasteiger partial charge is 0.381 e. The van der Waals surface area contributed by atoms with Crippen molar-refractivity contribution in [2.75, 3.05) is 26.3 Å². The second-order valence-electron chi connectivity index (χ2n) is 6.12. The molecule has 2 aliphatic heterocycles. The van der Waals surface area contributed by atoms with E-state index in [9.17, 15) is 9.18 Å². The van der Waals surface area contributed by atoms with Gasteiger partial charge >= 0.3 is 0 Å². The number of hydrogen-bond donors (Lipinski definition) is 2. The molecule has 6 heteroatoms. The Kier molecular flexibility index (Phi) is 6.81. The van der Waals surface area contributed by atoms with Crippen molar-refractivity contribution in [3.63, 3.8) is 0 Å². The van der Waals surface area contributed by atoms with Crippen molar-refractivity contribution < 1.29 is 13.9 Å². The second kappa shape index (κ2) is 8.62. The average Bonchev–Trinajstić information content (AvgIpc) is 2.57. The molecular formula is C17H24ClFN2O2. The van der Waals surface area contributed by atoms with E-state index in [0.29, 0.717) is 19.1 Å². The monoisotopic (exact) mass is 342 g/mol. The molecule has 0 saturated carbocycles. The normalized spacial score (nSPS) is 19.9. The predicted molar refractivity (Wildman–Crippen MR) is 89.8 cm³/mol. The molecule has 0 aliphatic carbocycles. The Morgan fingerprint density at radius 1 is 1.17 bits per heavy atom. The summed E-state index contributed by atoms with van der Waals surface area (Å²) in [4.78, 5) is 12.4. The van der Waals surface area contributed by atoms with Crippen molar-refractivity contribution in [2.24, 2.45) is 0 Å². The topological polar surface area (TPSA) is 50.4 Å². The molecule has 128 valence electrons. The van der Waals surface area contributed by atoms with Gasteiger partial charge in [0, 0.05) is 19.3 Å². The number of hydrogen-bond acceptors (Lipinski definition) is 3. The van der Waals surface area contributed by atoms with Crippen molar-refractivity contribution in [3.05, 3.63) is 35.1 Å². The maximum absolute atomic E-state index is 14.0. The summed E-state index contributed by atoms with van der Waals surface area (Å²) in [5.74, 6) is -0.334. The van der Waals surface area contributed by atoms with Crippen LogP contribution in [0.5, 0.6) is 0 Å². The highest BCUT2D eigenvalue weighted by Gasteiger charge is 2.21. The molecule has 3 rings (SSSR count). The van der Waals surface area contributed by atoms with Gasteiger partial charge in [-0.2, -0.15) is 0 Å². The Hall–Kier alpha value is -1.17. The molecule has 0 atom stereocenters. The zero-order valence-electron chi connectivity index (χ0n) is 13.1. The Morgan fingerprint density at radius 3 is 2.57 bits per heavy atom. The molecule has 0 bridgehead atoms. The minimum Gasteiger partial charge on any atom is -0.381 e. The molecule has 2 heterocycles. The van der Waals surface area contributed by atoms with Gasteiger partial charge in [-0.15, -0.1) is 12.4 Å². The van der Waals surface area contributed by atoms with Gasteiger partial charge in [-0.1, -0.05) is 6.07 Å². The summed E-state index contributed by atoms with van der Waals surface area (Å²) in [6, 6.07) is 5.07. The Bertz CT molecular complexity index is 529. The Balaban J connectivity index is 0.00000192. The zero-order chi connectivity index (χ0) is 15.4. The minimum absolute atomic E-state index is 0. The molecule has 0 aromatic heterocycles. The number of rotatable bonds is 3. The SMILES string of the molecule is Cl.O=C(NC1CCOCC1)c1cc(C2CCNCC2)ccc1F. The predicted octanol–water partition coefficient (Wildman–Crippen LogP) is 2.62. The van der Waals surface area contributed by atoms with Gasteiger partial charge in [-0.05, 0) is 62.4 Å². The lowest BCUT2D eigenvalue weighted by molar-refractivity contribution is 0.0694. The van der Waals surface area contributed by atoms with Crippen LogP contribution in [0.4, 0.5) is 4.39 Å². The lowest BCUT2D eigenvalue weighted by Crippen LogP contribution is -2.39. The van der Waals surface area contributed by atoms with Gasteiger partial charge in [-0.3, -0.25) is 4.79 Å². The highest BCUT2D eigenvalue weighted by atomic mass is 35.5. The summed E-state index contributed by atoms with van der Waals surface area (Å²) in [6.07, 6.45) is 3.65. The summed E-state index contributed by atoms with van der Waals surface area (Å²) in [7, 11) is 0. The highest BCUT2D eigenvalue weighted by molar-refractivity contribution is 5.94. The van der Waals surface area contributed by atoms with Gasteiger partial charge in [0.25, 0.3) is 5.91 Å². The van der Waals surface area contributed by atoms with Crippen LogP contribution >= 0.6 is 12.4 Å². The second-order valence-corrected chi connectivity index (χ2v) is 6.12. The van der Waals surface area contributed by atoms with E-state index in [2.05, 4.69) is 10.6 Å². The smallest absolute Gasteiger partial charge is 0.254 e. The van der Waals surface area contributed by atoms with Gasteiger partial charge in [-0.25, -0.2) is 4.39 Å². The van der Waals surface area contributed by atoms with Crippen LogP contribution < -0.4 is 10.6 Å². The van der Waals surface area contributed by atoms with Crippen LogP contribution in [0.25, 0.3) is 0 Å². The number of piperidine rings is 1. The van der Waals surface area contributed by atoms with Crippen molar-refractivity contribution in [3.8, 4) is 0 Å². The number of carbonyl (C=O) groups is 1. The van der Waals surface area contributed by atoms with Gasteiger partial charge in [0.1, 0.15) is 5.82 Å². The molecule has 0 spiro atoms. The van der Waals surface area contributed by atoms with Crippen LogP contribution in [0.2, 0.25) is 0 Å². The van der Waals surface area contributed by atoms with Gasteiger partial charge in [0.05, 0.1) is 5.56 Å². The molecule has 2 fully saturated rings. The fourth-order valence-electron chi connectivity index (χ4n) is 3.23. The molecule has 1 aromatic rings. The average molecular weight is 343 g/mol. The van der Waals surface area contributed by atoms with Crippen LogP contribution in [-0.2, 0) is 4.74 Å². The van der Waals surface area contributed by atoms with Crippen LogP contribution in [0.1, 0.15) is 47.5 Å². The molecule has 1 aromatic carbocycles. The molecule has 0 unspecified atom stereocenters. The number of carbonyl (C=O) groups excluding carboxylic acids is 1. The number of benzene rings is 1. The zero-order valence-corrected chi connectivity index (χ0v) is 14.0. The first-order valence-electron chi connectivity index (χ1n) is 8.13. The maximum atomic E-state index is 14.0. The summed E-state index contributed by atoms with van der Waals surface area (Å²) in [5, 5.41) is 6.26. The van der Waals surface area contributed by atoms with E-state index >= 15 is 0 Å². The Labute approximate surface area is 142 Å². The molecule has 0 radical (unpaired) electrons. The van der Waals surface area contributed by atoms with E-state index < -0.39 is 5.82 Å². The van der Waals surface area contributed by atoms with Crippen molar-refractivity contribution in [1.82, 2.24) is 10.6 Å². The molecule has 2 saturated heterocycles. The molecular weight excluding hydrogens is 319 g/mol. The lowest BCUT2D eigenvalue weighted by Gasteiger charge is -2.25. The van der Waals surface area contributed by atoms with Crippen LogP contribution in [0.15, 0.2) is 18.2 Å². The first-order valence-corrected chi connectivity index (χ1v) is 8.13. The third kappa shape index (κ3) is 4.66. The van der Waals surface area contributed by atoms with Crippen LogP contribution in [0, 0.1) is 5.82 Å². The maximum Gasteiger partial charge on any atom is 0.254 e. The van der Waals surface area contributed by atoms with E-state index in [1.807, 2.05) is 6.07 Å². The summed E-state index contributed by atoms with van der Waals surface area (Å²) < 4.78 is 19.3. The Morgan fingerprint density at radius 2 is 1.87 bits per heavy atom. The van der Waals surface area contributed by atoms with Crippen molar-refractivity contribution >= 4 is 18.3 Å². The third-order valence-electron chi connectivity index (χ3n) is 4.60. The number of halogens is 2. The number of amides is 1. The first-order chi connectivity index (χ1) is 10.7. The highest BCUT2D eigenvalue weighted by Crippen LogP contribution is 2.26. The number of ether oxygens (including phenoxy) is 1. The summed E-state index contributed by atoms with van der Waals surface area (Å²) in [5.41, 5.74) is 1.24. The van der Waals surface area contributed by atoms with Gasteiger partial charge in [0.15, 0.2) is 0 Å². The van der Waals surface area contributed by atoms with Crippen LogP contribution in [-0.4, -0.2) is 38.3 Å².